The molecule has 1 heterocycles. The monoisotopic (exact) mass is 480 g/mol. The number of phenolic OH excluding ortho intramolecular Hbond substituents is 3. The molecule has 1 aliphatic rings. The quantitative estimate of drug-likeness (QED) is 0.445. The van der Waals surface area contributed by atoms with E-state index in [0.717, 1.165) is 16.7 Å². The molecule has 35 heavy (non-hydrogen) atoms. The van der Waals surface area contributed by atoms with E-state index < -0.39 is 12.4 Å². The highest BCUT2D eigenvalue weighted by Gasteiger charge is 2.34. The number of rotatable bonds is 7. The molecule has 4 rings (SSSR count). The van der Waals surface area contributed by atoms with Crippen molar-refractivity contribution in [1.29, 1.82) is 0 Å². The van der Waals surface area contributed by atoms with E-state index in [9.17, 15) is 15.3 Å². The first-order chi connectivity index (χ1) is 16.9. The van der Waals surface area contributed by atoms with Crippen LogP contribution in [0.15, 0.2) is 60.7 Å². The van der Waals surface area contributed by atoms with Gasteiger partial charge in [0.2, 0.25) is 0 Å². The number of methoxy groups -OCH3 is 3. The molecular formula is C27H28O8. The topological polar surface area (TPSA) is 107 Å². The SMILES string of the molecule is COc1cc(/C=C/[C@@H]2OC[C@@H](c3ccc(O)c(OC)c3)[C@H](c3ccc(O)c(OC)c3)O2)ccc1O. The molecule has 3 atom stereocenters. The Morgan fingerprint density at radius 2 is 1.29 bits per heavy atom. The molecule has 0 aromatic heterocycles. The van der Waals surface area contributed by atoms with Crippen molar-refractivity contribution in [2.45, 2.75) is 18.3 Å². The molecule has 8 nitrogen and oxygen atoms in total. The van der Waals surface area contributed by atoms with Crippen molar-refractivity contribution in [3.63, 3.8) is 0 Å². The smallest absolute Gasteiger partial charge is 0.177 e. The van der Waals surface area contributed by atoms with Crippen LogP contribution in [0.25, 0.3) is 6.08 Å². The predicted molar refractivity (Wildman–Crippen MR) is 129 cm³/mol. The van der Waals surface area contributed by atoms with Crippen LogP contribution in [0.1, 0.15) is 28.7 Å². The Labute approximate surface area is 203 Å². The highest BCUT2D eigenvalue weighted by Crippen LogP contribution is 2.43. The number of ether oxygens (including phenoxy) is 5. The zero-order chi connectivity index (χ0) is 24.9. The molecule has 8 heteroatoms. The van der Waals surface area contributed by atoms with Crippen molar-refractivity contribution >= 4 is 6.08 Å². The maximum Gasteiger partial charge on any atom is 0.177 e. The predicted octanol–water partition coefficient (Wildman–Crippen LogP) is 4.74. The summed E-state index contributed by atoms with van der Waals surface area (Å²) in [4.78, 5) is 0. The second kappa shape index (κ2) is 10.6. The molecule has 1 fully saturated rings. The Hall–Kier alpha value is -3.88. The molecule has 0 radical (unpaired) electrons. The van der Waals surface area contributed by atoms with Gasteiger partial charge in [-0.05, 0) is 59.2 Å². The molecule has 184 valence electrons. The van der Waals surface area contributed by atoms with E-state index in [1.54, 1.807) is 60.7 Å². The van der Waals surface area contributed by atoms with Crippen molar-refractivity contribution in [1.82, 2.24) is 0 Å². The third-order valence-electron chi connectivity index (χ3n) is 5.90. The molecule has 3 N–H and O–H groups in total. The first-order valence-corrected chi connectivity index (χ1v) is 11.0. The van der Waals surface area contributed by atoms with E-state index in [1.165, 1.54) is 21.3 Å². The van der Waals surface area contributed by atoms with Gasteiger partial charge >= 0.3 is 0 Å². The summed E-state index contributed by atoms with van der Waals surface area (Å²) in [7, 11) is 4.47. The van der Waals surface area contributed by atoms with Crippen LogP contribution < -0.4 is 14.2 Å². The van der Waals surface area contributed by atoms with Gasteiger partial charge in [-0.15, -0.1) is 0 Å². The van der Waals surface area contributed by atoms with Crippen LogP contribution in [0.4, 0.5) is 0 Å². The summed E-state index contributed by atoms with van der Waals surface area (Å²) in [6, 6.07) is 15.2. The van der Waals surface area contributed by atoms with E-state index in [0.29, 0.717) is 23.9 Å². The van der Waals surface area contributed by atoms with Crippen LogP contribution in [0, 0.1) is 0 Å². The average Bonchev–Trinajstić information content (AvgIpc) is 2.88. The van der Waals surface area contributed by atoms with Crippen LogP contribution in [-0.4, -0.2) is 49.5 Å². The third kappa shape index (κ3) is 5.29. The second-order valence-electron chi connectivity index (χ2n) is 8.02. The molecule has 0 saturated carbocycles. The van der Waals surface area contributed by atoms with Crippen molar-refractivity contribution < 1.29 is 39.0 Å². The number of aromatic hydroxyl groups is 3. The highest BCUT2D eigenvalue weighted by atomic mass is 16.7. The fraction of sp³-hybridized carbons (Fsp3) is 0.259. The van der Waals surface area contributed by atoms with E-state index in [1.807, 2.05) is 6.08 Å². The van der Waals surface area contributed by atoms with Gasteiger partial charge in [-0.1, -0.05) is 24.3 Å². The fourth-order valence-corrected chi connectivity index (χ4v) is 4.03. The van der Waals surface area contributed by atoms with E-state index in [4.69, 9.17) is 23.7 Å². The van der Waals surface area contributed by atoms with E-state index >= 15 is 0 Å². The Balaban J connectivity index is 1.65. The summed E-state index contributed by atoms with van der Waals surface area (Å²) >= 11 is 0. The Morgan fingerprint density at radius 3 is 1.91 bits per heavy atom. The minimum absolute atomic E-state index is 0.0314. The molecule has 3 aromatic carbocycles. The molecule has 0 unspecified atom stereocenters. The van der Waals surface area contributed by atoms with Gasteiger partial charge in [0.25, 0.3) is 0 Å². The van der Waals surface area contributed by atoms with Crippen LogP contribution in [0.3, 0.4) is 0 Å². The van der Waals surface area contributed by atoms with Gasteiger partial charge in [-0.3, -0.25) is 0 Å². The van der Waals surface area contributed by atoms with Crippen molar-refractivity contribution in [3.8, 4) is 34.5 Å². The summed E-state index contributed by atoms with van der Waals surface area (Å²) < 4.78 is 28.1. The molecule has 3 aromatic rings. The molecule has 0 spiro atoms. The van der Waals surface area contributed by atoms with Crippen LogP contribution in [-0.2, 0) is 9.47 Å². The summed E-state index contributed by atoms with van der Waals surface area (Å²) in [6.45, 7) is 0.329. The Morgan fingerprint density at radius 1 is 0.743 bits per heavy atom. The summed E-state index contributed by atoms with van der Waals surface area (Å²) in [5.74, 6) is 0.968. The lowest BCUT2D eigenvalue weighted by atomic mass is 9.88. The Bertz CT molecular complexity index is 1210. The number of hydrogen-bond donors (Lipinski definition) is 3. The lowest BCUT2D eigenvalue weighted by Crippen LogP contribution is -2.32. The fourth-order valence-electron chi connectivity index (χ4n) is 4.03. The molecule has 0 aliphatic carbocycles. The van der Waals surface area contributed by atoms with Gasteiger partial charge in [0.1, 0.15) is 0 Å². The summed E-state index contributed by atoms with van der Waals surface area (Å²) in [5.41, 5.74) is 2.46. The summed E-state index contributed by atoms with van der Waals surface area (Å²) in [5, 5.41) is 29.9. The largest absolute Gasteiger partial charge is 0.504 e. The normalized spacial score (nSPS) is 20.0. The molecule has 0 amide bonds. The molecule has 1 saturated heterocycles. The number of benzene rings is 3. The minimum Gasteiger partial charge on any atom is -0.504 e. The van der Waals surface area contributed by atoms with Gasteiger partial charge in [0, 0.05) is 5.92 Å². The first-order valence-electron chi connectivity index (χ1n) is 11.0. The number of hydrogen-bond acceptors (Lipinski definition) is 8. The van der Waals surface area contributed by atoms with Crippen LogP contribution in [0.5, 0.6) is 34.5 Å². The van der Waals surface area contributed by atoms with Crippen molar-refractivity contribution in [2.75, 3.05) is 27.9 Å². The standard InChI is InChI=1S/C27H28O8/c1-31-23-12-16(4-8-20(23)28)5-11-26-34-15-19(17-6-9-21(29)24(13-17)32-2)27(35-26)18-7-10-22(30)25(14-18)33-3/h4-14,19,26-30H,15H2,1-3H3/b11-5+/t19-,26+,27-/m0/s1. The third-order valence-corrected chi connectivity index (χ3v) is 5.90. The zero-order valence-corrected chi connectivity index (χ0v) is 19.7. The average molecular weight is 481 g/mol. The molecular weight excluding hydrogens is 452 g/mol. The van der Waals surface area contributed by atoms with E-state index in [-0.39, 0.29) is 23.2 Å². The lowest BCUT2D eigenvalue weighted by molar-refractivity contribution is -0.199. The highest BCUT2D eigenvalue weighted by molar-refractivity contribution is 5.56. The van der Waals surface area contributed by atoms with Gasteiger partial charge < -0.3 is 39.0 Å². The Kier molecular flexibility index (Phi) is 7.33. The maximum absolute atomic E-state index is 10.1. The van der Waals surface area contributed by atoms with Crippen LogP contribution in [0.2, 0.25) is 0 Å². The summed E-state index contributed by atoms with van der Waals surface area (Å²) in [6.07, 6.45) is 2.50. The van der Waals surface area contributed by atoms with Gasteiger partial charge in [-0.25, -0.2) is 0 Å². The van der Waals surface area contributed by atoms with Gasteiger partial charge in [0.05, 0.1) is 34.0 Å². The maximum atomic E-state index is 10.1. The second-order valence-corrected chi connectivity index (χ2v) is 8.02. The minimum atomic E-state index is -0.658. The van der Waals surface area contributed by atoms with Gasteiger partial charge in [-0.2, -0.15) is 0 Å². The number of phenols is 3. The van der Waals surface area contributed by atoms with Crippen LogP contribution >= 0.6 is 0 Å². The van der Waals surface area contributed by atoms with E-state index in [2.05, 4.69) is 0 Å². The molecule has 0 bridgehead atoms. The van der Waals surface area contributed by atoms with Crippen molar-refractivity contribution in [2.24, 2.45) is 0 Å². The zero-order valence-electron chi connectivity index (χ0n) is 19.7. The molecule has 1 aliphatic heterocycles. The van der Waals surface area contributed by atoms with Crippen molar-refractivity contribution in [3.05, 3.63) is 77.4 Å². The lowest BCUT2D eigenvalue weighted by Gasteiger charge is -2.36. The van der Waals surface area contributed by atoms with Gasteiger partial charge in [0.15, 0.2) is 40.8 Å². The first kappa shape index (κ1) is 24.3.